The SMILES string of the molecule is CN=C(NCCOc1cccc(NC(C)=O)c1)N(C)Cc1ccc(OC(F)F)cc1. The number of ether oxygens (including phenoxy) is 2. The van der Waals surface area contributed by atoms with E-state index < -0.39 is 6.61 Å². The fourth-order valence-corrected chi connectivity index (χ4v) is 2.71. The minimum absolute atomic E-state index is 0.124. The molecule has 7 nitrogen and oxygen atoms in total. The molecule has 1 amide bonds. The Bertz CT molecular complexity index is 844. The van der Waals surface area contributed by atoms with Crippen LogP contribution in [0.15, 0.2) is 53.5 Å². The number of anilines is 1. The summed E-state index contributed by atoms with van der Waals surface area (Å²) >= 11 is 0. The van der Waals surface area contributed by atoms with Crippen LogP contribution in [-0.2, 0) is 11.3 Å². The van der Waals surface area contributed by atoms with Crippen LogP contribution in [0.5, 0.6) is 11.5 Å². The van der Waals surface area contributed by atoms with Crippen LogP contribution >= 0.6 is 0 Å². The Morgan fingerprint density at radius 2 is 1.90 bits per heavy atom. The molecule has 0 aliphatic carbocycles. The van der Waals surface area contributed by atoms with E-state index >= 15 is 0 Å². The average Bonchev–Trinajstić information content (AvgIpc) is 2.69. The van der Waals surface area contributed by atoms with Crippen LogP contribution in [0, 0.1) is 0 Å². The molecule has 0 aliphatic rings. The zero-order valence-electron chi connectivity index (χ0n) is 17.2. The van der Waals surface area contributed by atoms with E-state index in [1.54, 1.807) is 37.4 Å². The number of nitrogens with zero attached hydrogens (tertiary/aromatic N) is 2. The lowest BCUT2D eigenvalue weighted by atomic mass is 10.2. The third-order valence-electron chi connectivity index (χ3n) is 3.95. The highest BCUT2D eigenvalue weighted by molar-refractivity contribution is 5.88. The monoisotopic (exact) mass is 420 g/mol. The van der Waals surface area contributed by atoms with Crippen molar-refractivity contribution in [1.82, 2.24) is 10.2 Å². The summed E-state index contributed by atoms with van der Waals surface area (Å²) in [6.45, 7) is 0.0643. The quantitative estimate of drug-likeness (QED) is 0.370. The minimum atomic E-state index is -2.84. The Hall–Kier alpha value is -3.36. The molecule has 0 saturated heterocycles. The van der Waals surface area contributed by atoms with Gasteiger partial charge in [-0.25, -0.2) is 0 Å². The molecule has 0 saturated carbocycles. The molecular formula is C21H26F2N4O3. The van der Waals surface area contributed by atoms with Gasteiger partial charge in [0.15, 0.2) is 5.96 Å². The molecule has 9 heteroatoms. The van der Waals surface area contributed by atoms with E-state index in [1.807, 2.05) is 18.0 Å². The van der Waals surface area contributed by atoms with Crippen molar-refractivity contribution in [1.29, 1.82) is 0 Å². The van der Waals surface area contributed by atoms with Crippen LogP contribution in [-0.4, -0.2) is 50.6 Å². The van der Waals surface area contributed by atoms with Crippen LogP contribution < -0.4 is 20.1 Å². The summed E-state index contributed by atoms with van der Waals surface area (Å²) in [6.07, 6.45) is 0. The first-order valence-corrected chi connectivity index (χ1v) is 9.33. The number of halogens is 2. The van der Waals surface area contributed by atoms with Gasteiger partial charge in [0, 0.05) is 39.3 Å². The average molecular weight is 420 g/mol. The molecule has 0 heterocycles. The Labute approximate surface area is 174 Å². The Morgan fingerprint density at radius 1 is 1.17 bits per heavy atom. The van der Waals surface area contributed by atoms with Gasteiger partial charge in [-0.2, -0.15) is 8.78 Å². The van der Waals surface area contributed by atoms with Crippen molar-refractivity contribution in [2.45, 2.75) is 20.1 Å². The van der Waals surface area contributed by atoms with Crippen molar-refractivity contribution in [3.8, 4) is 11.5 Å². The number of carbonyl (C=O) groups excluding carboxylic acids is 1. The summed E-state index contributed by atoms with van der Waals surface area (Å²) in [6, 6.07) is 13.6. The van der Waals surface area contributed by atoms with Gasteiger partial charge in [-0.15, -0.1) is 0 Å². The van der Waals surface area contributed by atoms with Gasteiger partial charge in [-0.3, -0.25) is 9.79 Å². The molecule has 2 N–H and O–H groups in total. The van der Waals surface area contributed by atoms with E-state index in [0.717, 1.165) is 5.56 Å². The van der Waals surface area contributed by atoms with Gasteiger partial charge in [-0.1, -0.05) is 18.2 Å². The van der Waals surface area contributed by atoms with E-state index in [9.17, 15) is 13.6 Å². The fourth-order valence-electron chi connectivity index (χ4n) is 2.71. The molecule has 0 radical (unpaired) electrons. The predicted octanol–water partition coefficient (Wildman–Crippen LogP) is 3.33. The molecule has 0 spiro atoms. The Kier molecular flexibility index (Phi) is 8.86. The highest BCUT2D eigenvalue weighted by atomic mass is 19.3. The second-order valence-corrected chi connectivity index (χ2v) is 6.41. The van der Waals surface area contributed by atoms with Crippen LogP contribution in [0.25, 0.3) is 0 Å². The fraction of sp³-hybridized carbons (Fsp3) is 0.333. The lowest BCUT2D eigenvalue weighted by molar-refractivity contribution is -0.114. The molecule has 162 valence electrons. The maximum atomic E-state index is 12.2. The molecule has 0 aromatic heterocycles. The zero-order chi connectivity index (χ0) is 21.9. The first-order valence-electron chi connectivity index (χ1n) is 9.33. The van der Waals surface area contributed by atoms with E-state index in [0.29, 0.717) is 37.1 Å². The van der Waals surface area contributed by atoms with Gasteiger partial charge in [-0.05, 0) is 29.8 Å². The molecule has 0 aliphatic heterocycles. The molecule has 2 aromatic rings. The van der Waals surface area contributed by atoms with Gasteiger partial charge >= 0.3 is 6.61 Å². The van der Waals surface area contributed by atoms with Crippen molar-refractivity contribution in [3.63, 3.8) is 0 Å². The second kappa shape index (κ2) is 11.6. The topological polar surface area (TPSA) is 75.2 Å². The number of hydrogen-bond acceptors (Lipinski definition) is 4. The van der Waals surface area contributed by atoms with Crippen molar-refractivity contribution in [2.75, 3.05) is 32.6 Å². The summed E-state index contributed by atoms with van der Waals surface area (Å²) in [7, 11) is 3.55. The van der Waals surface area contributed by atoms with Crippen molar-refractivity contribution < 1.29 is 23.0 Å². The standard InChI is InChI=1S/C21H26F2N4O3/c1-15(28)26-17-5-4-6-19(13-17)29-12-11-25-21(24-2)27(3)14-16-7-9-18(10-8-16)30-20(22)23/h4-10,13,20H,11-12,14H2,1-3H3,(H,24,25)(H,26,28). The summed E-state index contributed by atoms with van der Waals surface area (Å²) in [5, 5.41) is 5.91. The Balaban J connectivity index is 1.79. The number of nitrogens with one attached hydrogen (secondary N) is 2. The number of aliphatic imine (C=N–C) groups is 1. The number of rotatable bonds is 9. The molecular weight excluding hydrogens is 394 g/mol. The van der Waals surface area contributed by atoms with Crippen molar-refractivity contribution in [3.05, 3.63) is 54.1 Å². The lowest BCUT2D eigenvalue weighted by Gasteiger charge is -2.22. The van der Waals surface area contributed by atoms with Crippen LogP contribution in [0.4, 0.5) is 14.5 Å². The van der Waals surface area contributed by atoms with E-state index in [-0.39, 0.29) is 11.7 Å². The lowest BCUT2D eigenvalue weighted by Crippen LogP contribution is -2.40. The maximum Gasteiger partial charge on any atom is 0.387 e. The summed E-state index contributed by atoms with van der Waals surface area (Å²) in [5.41, 5.74) is 1.60. The third kappa shape index (κ3) is 7.94. The van der Waals surface area contributed by atoms with Gasteiger partial charge < -0.3 is 25.0 Å². The molecule has 0 fully saturated rings. The van der Waals surface area contributed by atoms with Crippen LogP contribution in [0.2, 0.25) is 0 Å². The summed E-state index contributed by atoms with van der Waals surface area (Å²) in [5.74, 6) is 1.30. The number of hydrogen-bond donors (Lipinski definition) is 2. The number of alkyl halides is 2. The molecule has 30 heavy (non-hydrogen) atoms. The number of amides is 1. The van der Waals surface area contributed by atoms with E-state index in [4.69, 9.17) is 4.74 Å². The second-order valence-electron chi connectivity index (χ2n) is 6.41. The summed E-state index contributed by atoms with van der Waals surface area (Å²) in [4.78, 5) is 17.3. The molecule has 2 rings (SSSR count). The van der Waals surface area contributed by atoms with Crippen LogP contribution in [0.3, 0.4) is 0 Å². The molecule has 0 bridgehead atoms. The number of guanidine groups is 1. The highest BCUT2D eigenvalue weighted by Gasteiger charge is 2.08. The first kappa shape index (κ1) is 22.9. The molecule has 0 unspecified atom stereocenters. The zero-order valence-corrected chi connectivity index (χ0v) is 17.2. The van der Waals surface area contributed by atoms with Crippen LogP contribution in [0.1, 0.15) is 12.5 Å². The van der Waals surface area contributed by atoms with E-state index in [1.165, 1.54) is 19.1 Å². The largest absolute Gasteiger partial charge is 0.492 e. The first-order chi connectivity index (χ1) is 14.4. The number of carbonyl (C=O) groups is 1. The minimum Gasteiger partial charge on any atom is -0.492 e. The van der Waals surface area contributed by atoms with Gasteiger partial charge in [0.1, 0.15) is 18.1 Å². The highest BCUT2D eigenvalue weighted by Crippen LogP contribution is 2.17. The Morgan fingerprint density at radius 3 is 2.53 bits per heavy atom. The number of benzene rings is 2. The van der Waals surface area contributed by atoms with Crippen molar-refractivity contribution >= 4 is 17.6 Å². The van der Waals surface area contributed by atoms with Crippen molar-refractivity contribution in [2.24, 2.45) is 4.99 Å². The normalized spacial score (nSPS) is 11.2. The van der Waals surface area contributed by atoms with Gasteiger partial charge in [0.05, 0.1) is 6.54 Å². The third-order valence-corrected chi connectivity index (χ3v) is 3.95. The van der Waals surface area contributed by atoms with Gasteiger partial charge in [0.2, 0.25) is 5.91 Å². The smallest absolute Gasteiger partial charge is 0.387 e. The molecule has 0 atom stereocenters. The van der Waals surface area contributed by atoms with E-state index in [2.05, 4.69) is 20.4 Å². The summed E-state index contributed by atoms with van der Waals surface area (Å²) < 4.78 is 34.5. The maximum absolute atomic E-state index is 12.2. The van der Waals surface area contributed by atoms with Gasteiger partial charge in [0.25, 0.3) is 0 Å². The predicted molar refractivity (Wildman–Crippen MR) is 112 cm³/mol. The molecule has 2 aromatic carbocycles.